The van der Waals surface area contributed by atoms with Crippen molar-refractivity contribution in [1.29, 1.82) is 0 Å². The Balaban J connectivity index is 2.41. The molecule has 66 valence electrons. The number of nitrogens with two attached hydrogens (primary N) is 1. The van der Waals surface area contributed by atoms with Gasteiger partial charge >= 0.3 is 0 Å². The SMILES string of the molecule is NCc1cc(-c2ccco2)ncn1. The molecule has 0 saturated carbocycles. The highest BCUT2D eigenvalue weighted by Crippen LogP contribution is 2.16. The van der Waals surface area contributed by atoms with Gasteiger partial charge in [0.05, 0.1) is 12.0 Å². The molecule has 2 N–H and O–H groups in total. The minimum atomic E-state index is 0.413. The fraction of sp³-hybridized carbons (Fsp3) is 0.111. The first-order valence-corrected chi connectivity index (χ1v) is 3.95. The van der Waals surface area contributed by atoms with Crippen LogP contribution in [0.4, 0.5) is 0 Å². The van der Waals surface area contributed by atoms with E-state index >= 15 is 0 Å². The van der Waals surface area contributed by atoms with E-state index < -0.39 is 0 Å². The molecule has 2 heterocycles. The molecule has 0 spiro atoms. The van der Waals surface area contributed by atoms with Crippen LogP contribution in [-0.2, 0) is 6.54 Å². The van der Waals surface area contributed by atoms with Gasteiger partial charge in [-0.2, -0.15) is 0 Å². The van der Waals surface area contributed by atoms with Crippen LogP contribution >= 0.6 is 0 Å². The minimum Gasteiger partial charge on any atom is -0.463 e. The van der Waals surface area contributed by atoms with Crippen molar-refractivity contribution >= 4 is 0 Å². The highest BCUT2D eigenvalue weighted by atomic mass is 16.3. The van der Waals surface area contributed by atoms with Gasteiger partial charge in [-0.15, -0.1) is 0 Å². The van der Waals surface area contributed by atoms with Crippen LogP contribution in [0.2, 0.25) is 0 Å². The first kappa shape index (κ1) is 7.94. The summed E-state index contributed by atoms with van der Waals surface area (Å²) in [6.45, 7) is 0.413. The molecule has 2 rings (SSSR count). The number of hydrogen-bond donors (Lipinski definition) is 1. The third kappa shape index (κ3) is 1.57. The zero-order valence-electron chi connectivity index (χ0n) is 6.97. The Hall–Kier alpha value is -1.68. The number of nitrogens with zero attached hydrogens (tertiary/aromatic N) is 2. The molecular weight excluding hydrogens is 166 g/mol. The standard InChI is InChI=1S/C9H9N3O/c10-5-7-4-8(12-6-11-7)9-2-1-3-13-9/h1-4,6H,5,10H2. The van der Waals surface area contributed by atoms with Crippen molar-refractivity contribution in [3.63, 3.8) is 0 Å². The predicted molar refractivity (Wildman–Crippen MR) is 47.6 cm³/mol. The van der Waals surface area contributed by atoms with E-state index in [9.17, 15) is 0 Å². The Morgan fingerprint density at radius 3 is 3.00 bits per heavy atom. The molecule has 2 aromatic rings. The topological polar surface area (TPSA) is 64.9 Å². The summed E-state index contributed by atoms with van der Waals surface area (Å²) >= 11 is 0. The molecule has 0 radical (unpaired) electrons. The zero-order valence-corrected chi connectivity index (χ0v) is 6.97. The van der Waals surface area contributed by atoms with Gasteiger partial charge in [-0.25, -0.2) is 9.97 Å². The molecule has 0 aliphatic heterocycles. The number of furan rings is 1. The number of aromatic nitrogens is 2. The second-order valence-corrected chi connectivity index (χ2v) is 2.58. The summed E-state index contributed by atoms with van der Waals surface area (Å²) in [5.74, 6) is 0.733. The van der Waals surface area contributed by atoms with Crippen molar-refractivity contribution in [1.82, 2.24) is 9.97 Å². The Kier molecular flexibility index (Phi) is 2.06. The summed E-state index contributed by atoms with van der Waals surface area (Å²) in [5, 5.41) is 0. The summed E-state index contributed by atoms with van der Waals surface area (Å²) in [4.78, 5) is 8.06. The van der Waals surface area contributed by atoms with Gasteiger partial charge in [0.1, 0.15) is 12.0 Å². The Labute approximate surface area is 75.4 Å². The van der Waals surface area contributed by atoms with Gasteiger partial charge in [-0.1, -0.05) is 0 Å². The molecule has 0 amide bonds. The summed E-state index contributed by atoms with van der Waals surface area (Å²) in [6, 6.07) is 5.49. The lowest BCUT2D eigenvalue weighted by atomic mass is 10.3. The Bertz CT molecular complexity index is 384. The molecule has 0 saturated heterocycles. The van der Waals surface area contributed by atoms with Gasteiger partial charge in [0, 0.05) is 6.54 Å². The van der Waals surface area contributed by atoms with Crippen molar-refractivity contribution in [2.75, 3.05) is 0 Å². The molecule has 0 unspecified atom stereocenters. The van der Waals surface area contributed by atoms with Gasteiger partial charge in [-0.05, 0) is 18.2 Å². The van der Waals surface area contributed by atoms with E-state index in [4.69, 9.17) is 10.2 Å². The fourth-order valence-corrected chi connectivity index (χ4v) is 1.07. The molecule has 0 aliphatic carbocycles. The minimum absolute atomic E-state index is 0.413. The monoisotopic (exact) mass is 175 g/mol. The fourth-order valence-electron chi connectivity index (χ4n) is 1.07. The van der Waals surface area contributed by atoms with Crippen LogP contribution < -0.4 is 5.73 Å². The van der Waals surface area contributed by atoms with E-state index in [2.05, 4.69) is 9.97 Å². The van der Waals surface area contributed by atoms with E-state index in [0.29, 0.717) is 6.54 Å². The average Bonchev–Trinajstić information content (AvgIpc) is 2.71. The van der Waals surface area contributed by atoms with E-state index in [0.717, 1.165) is 17.1 Å². The molecular formula is C9H9N3O. The van der Waals surface area contributed by atoms with Crippen LogP contribution in [0.5, 0.6) is 0 Å². The second-order valence-electron chi connectivity index (χ2n) is 2.58. The van der Waals surface area contributed by atoms with E-state index in [1.807, 2.05) is 18.2 Å². The molecule has 0 fully saturated rings. The van der Waals surface area contributed by atoms with Crippen molar-refractivity contribution in [3.05, 3.63) is 36.5 Å². The van der Waals surface area contributed by atoms with E-state index in [1.54, 1.807) is 6.26 Å². The molecule has 0 bridgehead atoms. The highest BCUT2D eigenvalue weighted by molar-refractivity contribution is 5.51. The first-order chi connectivity index (χ1) is 6.40. The molecule has 0 aromatic carbocycles. The smallest absolute Gasteiger partial charge is 0.152 e. The molecule has 2 aromatic heterocycles. The van der Waals surface area contributed by atoms with Crippen LogP contribution in [-0.4, -0.2) is 9.97 Å². The van der Waals surface area contributed by atoms with Gasteiger partial charge in [0.2, 0.25) is 0 Å². The normalized spacial score (nSPS) is 10.2. The number of hydrogen-bond acceptors (Lipinski definition) is 4. The van der Waals surface area contributed by atoms with Gasteiger partial charge < -0.3 is 10.2 Å². The molecule has 4 nitrogen and oxygen atoms in total. The predicted octanol–water partition coefficient (Wildman–Crippen LogP) is 1.20. The second kappa shape index (κ2) is 3.37. The molecule has 4 heteroatoms. The van der Waals surface area contributed by atoms with E-state index in [-0.39, 0.29) is 0 Å². The third-order valence-corrected chi connectivity index (χ3v) is 1.71. The largest absolute Gasteiger partial charge is 0.463 e. The van der Waals surface area contributed by atoms with Crippen molar-refractivity contribution in [3.8, 4) is 11.5 Å². The van der Waals surface area contributed by atoms with Crippen molar-refractivity contribution < 1.29 is 4.42 Å². The zero-order chi connectivity index (χ0) is 9.10. The van der Waals surface area contributed by atoms with Gasteiger partial charge in [-0.3, -0.25) is 0 Å². The van der Waals surface area contributed by atoms with Crippen LogP contribution in [0, 0.1) is 0 Å². The molecule has 0 aliphatic rings. The lowest BCUT2D eigenvalue weighted by Gasteiger charge is -1.97. The van der Waals surface area contributed by atoms with E-state index in [1.165, 1.54) is 6.33 Å². The summed E-state index contributed by atoms with van der Waals surface area (Å²) in [7, 11) is 0. The maximum atomic E-state index is 5.45. The van der Waals surface area contributed by atoms with Crippen LogP contribution in [0.15, 0.2) is 35.2 Å². The third-order valence-electron chi connectivity index (χ3n) is 1.71. The maximum absolute atomic E-state index is 5.45. The Morgan fingerprint density at radius 1 is 1.38 bits per heavy atom. The van der Waals surface area contributed by atoms with Gasteiger partial charge in [0.15, 0.2) is 5.76 Å². The summed E-state index contributed by atoms with van der Waals surface area (Å²) in [5.41, 5.74) is 7.02. The van der Waals surface area contributed by atoms with Crippen molar-refractivity contribution in [2.24, 2.45) is 5.73 Å². The van der Waals surface area contributed by atoms with Crippen molar-refractivity contribution in [2.45, 2.75) is 6.54 Å². The van der Waals surface area contributed by atoms with Crippen LogP contribution in [0.1, 0.15) is 5.69 Å². The van der Waals surface area contributed by atoms with Gasteiger partial charge in [0.25, 0.3) is 0 Å². The first-order valence-electron chi connectivity index (χ1n) is 3.95. The quantitative estimate of drug-likeness (QED) is 0.744. The maximum Gasteiger partial charge on any atom is 0.152 e. The summed E-state index contributed by atoms with van der Waals surface area (Å²) in [6.07, 6.45) is 3.10. The lowest BCUT2D eigenvalue weighted by molar-refractivity contribution is 0.579. The lowest BCUT2D eigenvalue weighted by Crippen LogP contribution is -2.00. The summed E-state index contributed by atoms with van der Waals surface area (Å²) < 4.78 is 5.19. The highest BCUT2D eigenvalue weighted by Gasteiger charge is 2.02. The van der Waals surface area contributed by atoms with Crippen LogP contribution in [0.25, 0.3) is 11.5 Å². The molecule has 13 heavy (non-hydrogen) atoms. The average molecular weight is 175 g/mol. The molecule has 0 atom stereocenters. The Morgan fingerprint density at radius 2 is 2.31 bits per heavy atom. The number of rotatable bonds is 2. The van der Waals surface area contributed by atoms with Crippen LogP contribution in [0.3, 0.4) is 0 Å².